The number of carbonyl (C=O) groups excluding carboxylic acids is 1. The van der Waals surface area contributed by atoms with Crippen LogP contribution in [-0.2, 0) is 6.42 Å². The van der Waals surface area contributed by atoms with Gasteiger partial charge in [-0.15, -0.1) is 17.9 Å². The highest BCUT2D eigenvalue weighted by molar-refractivity contribution is 7.10. The molecule has 2 heterocycles. The number of fused-ring (bicyclic) bond motifs is 1. The van der Waals surface area contributed by atoms with Crippen LogP contribution >= 0.6 is 11.3 Å². The lowest BCUT2D eigenvalue weighted by Crippen LogP contribution is -2.45. The second-order valence-electron chi connectivity index (χ2n) is 4.14. The van der Waals surface area contributed by atoms with E-state index in [9.17, 15) is 4.79 Å². The highest BCUT2D eigenvalue weighted by atomic mass is 32.1. The lowest BCUT2D eigenvalue weighted by molar-refractivity contribution is 0.169. The van der Waals surface area contributed by atoms with Crippen LogP contribution in [0.5, 0.6) is 0 Å². The van der Waals surface area contributed by atoms with Gasteiger partial charge in [0.25, 0.3) is 0 Å². The summed E-state index contributed by atoms with van der Waals surface area (Å²) in [6.07, 6.45) is 3.65. The third-order valence-electron chi connectivity index (χ3n) is 3.14. The summed E-state index contributed by atoms with van der Waals surface area (Å²) in [5, 5.41) is 4.99. The molecule has 1 N–H and O–H groups in total. The van der Waals surface area contributed by atoms with Crippen molar-refractivity contribution in [2.45, 2.75) is 25.8 Å². The van der Waals surface area contributed by atoms with Crippen molar-refractivity contribution in [2.75, 3.05) is 13.1 Å². The Morgan fingerprint density at radius 3 is 3.29 bits per heavy atom. The minimum Gasteiger partial charge on any atom is -0.335 e. The molecular formula is C13H18N2OS. The first-order chi connectivity index (χ1) is 8.27. The topological polar surface area (TPSA) is 32.3 Å². The van der Waals surface area contributed by atoms with E-state index in [4.69, 9.17) is 0 Å². The SMILES string of the molecule is C=CCNC(=O)N1CCc2sccc2[C@H]1CC. The van der Waals surface area contributed by atoms with Crippen LogP contribution in [0.1, 0.15) is 29.8 Å². The lowest BCUT2D eigenvalue weighted by Gasteiger charge is -2.35. The predicted octanol–water partition coefficient (Wildman–Crippen LogP) is 2.95. The Morgan fingerprint density at radius 1 is 1.76 bits per heavy atom. The summed E-state index contributed by atoms with van der Waals surface area (Å²) in [5.41, 5.74) is 1.33. The van der Waals surface area contributed by atoms with Gasteiger partial charge in [-0.05, 0) is 29.9 Å². The van der Waals surface area contributed by atoms with Crippen molar-refractivity contribution in [1.29, 1.82) is 0 Å². The summed E-state index contributed by atoms with van der Waals surface area (Å²) in [6, 6.07) is 2.41. The fourth-order valence-corrected chi connectivity index (χ4v) is 3.27. The van der Waals surface area contributed by atoms with Gasteiger partial charge in [0.2, 0.25) is 0 Å². The Labute approximate surface area is 106 Å². The van der Waals surface area contributed by atoms with Crippen LogP contribution in [-0.4, -0.2) is 24.0 Å². The monoisotopic (exact) mass is 250 g/mol. The Balaban J connectivity index is 2.14. The van der Waals surface area contributed by atoms with Crippen LogP contribution in [0.25, 0.3) is 0 Å². The van der Waals surface area contributed by atoms with Gasteiger partial charge in [-0.2, -0.15) is 0 Å². The van der Waals surface area contributed by atoms with E-state index in [0.717, 1.165) is 19.4 Å². The number of urea groups is 1. The van der Waals surface area contributed by atoms with Crippen molar-refractivity contribution in [2.24, 2.45) is 0 Å². The van der Waals surface area contributed by atoms with E-state index in [1.165, 1.54) is 10.4 Å². The molecule has 4 heteroatoms. The molecule has 17 heavy (non-hydrogen) atoms. The van der Waals surface area contributed by atoms with Crippen molar-refractivity contribution in [3.63, 3.8) is 0 Å². The second kappa shape index (κ2) is 5.36. The smallest absolute Gasteiger partial charge is 0.318 e. The zero-order valence-electron chi connectivity index (χ0n) is 10.1. The highest BCUT2D eigenvalue weighted by Gasteiger charge is 2.29. The first kappa shape index (κ1) is 12.2. The summed E-state index contributed by atoms with van der Waals surface area (Å²) in [4.78, 5) is 15.4. The van der Waals surface area contributed by atoms with E-state index in [0.29, 0.717) is 6.54 Å². The molecule has 0 fully saturated rings. The molecule has 0 unspecified atom stereocenters. The molecule has 1 aliphatic rings. The van der Waals surface area contributed by atoms with Gasteiger partial charge in [0.1, 0.15) is 0 Å². The molecule has 3 nitrogen and oxygen atoms in total. The molecule has 1 aliphatic heterocycles. The number of hydrogen-bond donors (Lipinski definition) is 1. The minimum absolute atomic E-state index is 0.0219. The van der Waals surface area contributed by atoms with Crippen LogP contribution in [0.3, 0.4) is 0 Å². The van der Waals surface area contributed by atoms with Gasteiger partial charge in [-0.3, -0.25) is 0 Å². The van der Waals surface area contributed by atoms with E-state index >= 15 is 0 Å². The molecular weight excluding hydrogens is 232 g/mol. The standard InChI is InChI=1S/C13H18N2OS/c1-3-7-14-13(16)15-8-5-12-10(6-9-17-12)11(15)4-2/h3,6,9,11H,1,4-5,7-8H2,2H3,(H,14,16)/t11-/m1/s1. The molecule has 1 aromatic rings. The van der Waals surface area contributed by atoms with Crippen molar-refractivity contribution in [1.82, 2.24) is 10.2 Å². The van der Waals surface area contributed by atoms with Crippen LogP contribution in [0, 0.1) is 0 Å². The maximum atomic E-state index is 12.0. The van der Waals surface area contributed by atoms with Crippen molar-refractivity contribution < 1.29 is 4.79 Å². The van der Waals surface area contributed by atoms with Crippen molar-refractivity contribution >= 4 is 17.4 Å². The van der Waals surface area contributed by atoms with Crippen molar-refractivity contribution in [3.05, 3.63) is 34.5 Å². The number of carbonyl (C=O) groups is 1. The zero-order chi connectivity index (χ0) is 12.3. The summed E-state index contributed by atoms with van der Waals surface area (Å²) in [6.45, 7) is 7.09. The fraction of sp³-hybridized carbons (Fsp3) is 0.462. The summed E-state index contributed by atoms with van der Waals surface area (Å²) < 4.78 is 0. The molecule has 2 amide bonds. The summed E-state index contributed by atoms with van der Waals surface area (Å²) >= 11 is 1.80. The van der Waals surface area contributed by atoms with Crippen LogP contribution in [0.4, 0.5) is 4.79 Å². The number of nitrogens with one attached hydrogen (secondary N) is 1. The average molecular weight is 250 g/mol. The fourth-order valence-electron chi connectivity index (χ4n) is 2.34. The maximum absolute atomic E-state index is 12.0. The largest absolute Gasteiger partial charge is 0.335 e. The minimum atomic E-state index is 0.0219. The molecule has 1 atom stereocenters. The molecule has 0 saturated heterocycles. The summed E-state index contributed by atoms with van der Waals surface area (Å²) in [7, 11) is 0. The van der Waals surface area contributed by atoms with E-state index in [1.807, 2.05) is 4.90 Å². The van der Waals surface area contributed by atoms with Gasteiger partial charge in [0.15, 0.2) is 0 Å². The Hall–Kier alpha value is -1.29. The molecule has 0 bridgehead atoms. The normalized spacial score (nSPS) is 18.6. The van der Waals surface area contributed by atoms with Crippen LogP contribution in [0.2, 0.25) is 0 Å². The Bertz CT molecular complexity index is 413. The zero-order valence-corrected chi connectivity index (χ0v) is 10.9. The molecule has 0 saturated carbocycles. The number of rotatable bonds is 3. The second-order valence-corrected chi connectivity index (χ2v) is 5.14. The van der Waals surface area contributed by atoms with Crippen LogP contribution in [0.15, 0.2) is 24.1 Å². The van der Waals surface area contributed by atoms with E-state index < -0.39 is 0 Å². The van der Waals surface area contributed by atoms with Gasteiger partial charge < -0.3 is 10.2 Å². The highest BCUT2D eigenvalue weighted by Crippen LogP contribution is 2.34. The number of thiophene rings is 1. The lowest BCUT2D eigenvalue weighted by atomic mass is 9.98. The third-order valence-corrected chi connectivity index (χ3v) is 4.14. The molecule has 0 radical (unpaired) electrons. The Kier molecular flexibility index (Phi) is 3.84. The van der Waals surface area contributed by atoms with E-state index in [1.54, 1.807) is 17.4 Å². The van der Waals surface area contributed by atoms with Gasteiger partial charge in [-0.25, -0.2) is 4.79 Å². The van der Waals surface area contributed by atoms with Gasteiger partial charge >= 0.3 is 6.03 Å². The van der Waals surface area contributed by atoms with E-state index in [2.05, 4.69) is 30.3 Å². The predicted molar refractivity (Wildman–Crippen MR) is 71.4 cm³/mol. The molecule has 0 aromatic carbocycles. The third kappa shape index (κ3) is 2.36. The molecule has 0 spiro atoms. The molecule has 2 rings (SSSR count). The molecule has 92 valence electrons. The maximum Gasteiger partial charge on any atom is 0.318 e. The molecule has 1 aromatic heterocycles. The van der Waals surface area contributed by atoms with Gasteiger partial charge in [0.05, 0.1) is 6.04 Å². The van der Waals surface area contributed by atoms with Gasteiger partial charge in [0, 0.05) is 18.0 Å². The number of nitrogens with zero attached hydrogens (tertiary/aromatic N) is 1. The number of hydrogen-bond acceptors (Lipinski definition) is 2. The average Bonchev–Trinajstić information content (AvgIpc) is 2.82. The quantitative estimate of drug-likeness (QED) is 0.822. The van der Waals surface area contributed by atoms with Crippen molar-refractivity contribution in [3.8, 4) is 0 Å². The number of amides is 2. The van der Waals surface area contributed by atoms with E-state index in [-0.39, 0.29) is 12.1 Å². The Morgan fingerprint density at radius 2 is 2.59 bits per heavy atom. The first-order valence-electron chi connectivity index (χ1n) is 5.99. The van der Waals surface area contributed by atoms with Gasteiger partial charge in [-0.1, -0.05) is 13.0 Å². The van der Waals surface area contributed by atoms with Crippen LogP contribution < -0.4 is 5.32 Å². The molecule has 0 aliphatic carbocycles. The summed E-state index contributed by atoms with van der Waals surface area (Å²) in [5.74, 6) is 0. The first-order valence-corrected chi connectivity index (χ1v) is 6.87.